The SMILES string of the molecule is CCCNCc1cccc(COc2cc(C)ccc2C)n1. The molecule has 0 unspecified atom stereocenters. The van der Waals surface area contributed by atoms with Gasteiger partial charge in [-0.3, -0.25) is 4.98 Å². The van der Waals surface area contributed by atoms with Gasteiger partial charge in [0, 0.05) is 6.54 Å². The Morgan fingerprint density at radius 1 is 1.10 bits per heavy atom. The highest BCUT2D eigenvalue weighted by Gasteiger charge is 2.02. The Labute approximate surface area is 127 Å². The minimum Gasteiger partial charge on any atom is -0.487 e. The maximum Gasteiger partial charge on any atom is 0.130 e. The van der Waals surface area contributed by atoms with Gasteiger partial charge in [0.15, 0.2) is 0 Å². The molecule has 0 spiro atoms. The molecule has 112 valence electrons. The van der Waals surface area contributed by atoms with Crippen molar-refractivity contribution in [3.63, 3.8) is 0 Å². The Morgan fingerprint density at radius 2 is 1.90 bits per heavy atom. The van der Waals surface area contributed by atoms with E-state index in [2.05, 4.69) is 49.3 Å². The second-order valence-corrected chi connectivity index (χ2v) is 5.35. The molecule has 3 nitrogen and oxygen atoms in total. The van der Waals surface area contributed by atoms with Gasteiger partial charge >= 0.3 is 0 Å². The van der Waals surface area contributed by atoms with Gasteiger partial charge in [0.2, 0.25) is 0 Å². The lowest BCUT2D eigenvalue weighted by atomic mass is 10.1. The van der Waals surface area contributed by atoms with E-state index in [1.807, 2.05) is 18.2 Å². The molecular formula is C18H24N2O. The number of aromatic nitrogens is 1. The first-order chi connectivity index (χ1) is 10.2. The van der Waals surface area contributed by atoms with E-state index in [9.17, 15) is 0 Å². The van der Waals surface area contributed by atoms with E-state index in [1.165, 1.54) is 5.56 Å². The van der Waals surface area contributed by atoms with Gasteiger partial charge in [-0.05, 0) is 56.1 Å². The fourth-order valence-electron chi connectivity index (χ4n) is 2.12. The van der Waals surface area contributed by atoms with Crippen molar-refractivity contribution in [2.24, 2.45) is 0 Å². The van der Waals surface area contributed by atoms with Crippen LogP contribution in [-0.2, 0) is 13.2 Å². The summed E-state index contributed by atoms with van der Waals surface area (Å²) in [6.45, 7) is 8.63. The molecule has 0 radical (unpaired) electrons. The molecule has 3 heteroatoms. The second-order valence-electron chi connectivity index (χ2n) is 5.35. The lowest BCUT2D eigenvalue weighted by Gasteiger charge is -2.10. The van der Waals surface area contributed by atoms with Crippen LogP contribution in [0.25, 0.3) is 0 Å². The predicted molar refractivity (Wildman–Crippen MR) is 86.5 cm³/mol. The summed E-state index contributed by atoms with van der Waals surface area (Å²) in [5.74, 6) is 0.936. The van der Waals surface area contributed by atoms with Crippen LogP contribution in [0.2, 0.25) is 0 Å². The first-order valence-electron chi connectivity index (χ1n) is 7.54. The molecule has 1 aromatic heterocycles. The topological polar surface area (TPSA) is 34.1 Å². The van der Waals surface area contributed by atoms with Crippen molar-refractivity contribution >= 4 is 0 Å². The predicted octanol–water partition coefficient (Wildman–Crippen LogP) is 3.78. The van der Waals surface area contributed by atoms with E-state index in [-0.39, 0.29) is 0 Å². The Hall–Kier alpha value is -1.87. The summed E-state index contributed by atoms with van der Waals surface area (Å²) in [6, 6.07) is 12.3. The number of nitrogens with one attached hydrogen (secondary N) is 1. The highest BCUT2D eigenvalue weighted by Crippen LogP contribution is 2.20. The second kappa shape index (κ2) is 7.79. The van der Waals surface area contributed by atoms with Crippen molar-refractivity contribution in [1.82, 2.24) is 10.3 Å². The average Bonchev–Trinajstić information content (AvgIpc) is 2.49. The smallest absolute Gasteiger partial charge is 0.130 e. The maximum absolute atomic E-state index is 5.90. The van der Waals surface area contributed by atoms with Gasteiger partial charge in [-0.2, -0.15) is 0 Å². The van der Waals surface area contributed by atoms with Crippen molar-refractivity contribution in [2.75, 3.05) is 6.54 Å². The van der Waals surface area contributed by atoms with Gasteiger partial charge in [-0.1, -0.05) is 25.1 Å². The van der Waals surface area contributed by atoms with Crippen LogP contribution in [0.3, 0.4) is 0 Å². The molecule has 2 rings (SSSR count). The van der Waals surface area contributed by atoms with Gasteiger partial charge in [-0.25, -0.2) is 0 Å². The number of benzene rings is 1. The highest BCUT2D eigenvalue weighted by atomic mass is 16.5. The molecule has 2 aromatic rings. The van der Waals surface area contributed by atoms with E-state index in [1.54, 1.807) is 0 Å². The summed E-state index contributed by atoms with van der Waals surface area (Å²) in [7, 11) is 0. The number of rotatable bonds is 7. The number of hydrogen-bond donors (Lipinski definition) is 1. The molecule has 21 heavy (non-hydrogen) atoms. The molecule has 1 N–H and O–H groups in total. The van der Waals surface area contributed by atoms with Gasteiger partial charge < -0.3 is 10.1 Å². The average molecular weight is 284 g/mol. The molecule has 1 aromatic carbocycles. The normalized spacial score (nSPS) is 10.6. The molecule has 0 saturated carbocycles. The van der Waals surface area contributed by atoms with Crippen molar-refractivity contribution in [2.45, 2.75) is 40.3 Å². The lowest BCUT2D eigenvalue weighted by molar-refractivity contribution is 0.298. The molecule has 0 bridgehead atoms. The Bertz CT molecular complexity index is 581. The summed E-state index contributed by atoms with van der Waals surface area (Å²) >= 11 is 0. The molecular weight excluding hydrogens is 260 g/mol. The summed E-state index contributed by atoms with van der Waals surface area (Å²) < 4.78 is 5.90. The molecule has 0 aliphatic heterocycles. The first kappa shape index (κ1) is 15.5. The number of pyridine rings is 1. The lowest BCUT2D eigenvalue weighted by Crippen LogP contribution is -2.15. The van der Waals surface area contributed by atoms with Crippen LogP contribution >= 0.6 is 0 Å². The van der Waals surface area contributed by atoms with Crippen LogP contribution in [0, 0.1) is 13.8 Å². The van der Waals surface area contributed by atoms with Crippen molar-refractivity contribution in [3.05, 3.63) is 58.9 Å². The third-order valence-corrected chi connectivity index (χ3v) is 3.32. The summed E-state index contributed by atoms with van der Waals surface area (Å²) in [5, 5.41) is 3.37. The molecule has 0 amide bonds. The van der Waals surface area contributed by atoms with Crippen LogP contribution in [0.4, 0.5) is 0 Å². The zero-order valence-electron chi connectivity index (χ0n) is 13.1. The third kappa shape index (κ3) is 4.87. The summed E-state index contributed by atoms with van der Waals surface area (Å²) in [5.41, 5.74) is 4.39. The van der Waals surface area contributed by atoms with E-state index in [0.717, 1.165) is 42.2 Å². The number of aryl methyl sites for hydroxylation is 2. The molecule has 0 aliphatic rings. The van der Waals surface area contributed by atoms with E-state index in [0.29, 0.717) is 6.61 Å². The van der Waals surface area contributed by atoms with Crippen LogP contribution in [-0.4, -0.2) is 11.5 Å². The van der Waals surface area contributed by atoms with Crippen molar-refractivity contribution in [1.29, 1.82) is 0 Å². The van der Waals surface area contributed by atoms with Gasteiger partial charge in [-0.15, -0.1) is 0 Å². The van der Waals surface area contributed by atoms with E-state index < -0.39 is 0 Å². The highest BCUT2D eigenvalue weighted by molar-refractivity contribution is 5.36. The zero-order chi connectivity index (χ0) is 15.1. The van der Waals surface area contributed by atoms with E-state index >= 15 is 0 Å². The largest absolute Gasteiger partial charge is 0.487 e. The monoisotopic (exact) mass is 284 g/mol. The van der Waals surface area contributed by atoms with Crippen molar-refractivity contribution < 1.29 is 4.74 Å². The minimum atomic E-state index is 0.506. The Balaban J connectivity index is 1.96. The maximum atomic E-state index is 5.90. The standard InChI is InChI=1S/C18H24N2O/c1-4-10-19-12-16-6-5-7-17(20-16)13-21-18-11-14(2)8-9-15(18)3/h5-9,11,19H,4,10,12-13H2,1-3H3. The molecule has 1 heterocycles. The van der Waals surface area contributed by atoms with Crippen LogP contribution in [0.15, 0.2) is 36.4 Å². The van der Waals surface area contributed by atoms with Gasteiger partial charge in [0.1, 0.15) is 12.4 Å². The third-order valence-electron chi connectivity index (χ3n) is 3.32. The quantitative estimate of drug-likeness (QED) is 0.786. The van der Waals surface area contributed by atoms with E-state index in [4.69, 9.17) is 4.74 Å². The first-order valence-corrected chi connectivity index (χ1v) is 7.54. The number of hydrogen-bond acceptors (Lipinski definition) is 3. The van der Waals surface area contributed by atoms with Crippen LogP contribution in [0.5, 0.6) is 5.75 Å². The molecule has 0 aliphatic carbocycles. The van der Waals surface area contributed by atoms with Gasteiger partial charge in [0.05, 0.1) is 11.4 Å². The summed E-state index contributed by atoms with van der Waals surface area (Å²) in [4.78, 5) is 4.62. The molecule has 0 saturated heterocycles. The Kier molecular flexibility index (Phi) is 5.76. The minimum absolute atomic E-state index is 0.506. The van der Waals surface area contributed by atoms with Crippen LogP contribution in [0.1, 0.15) is 35.9 Å². The Morgan fingerprint density at radius 3 is 2.71 bits per heavy atom. The number of nitrogens with zero attached hydrogens (tertiary/aromatic N) is 1. The zero-order valence-corrected chi connectivity index (χ0v) is 13.1. The molecule has 0 fully saturated rings. The number of ether oxygens (including phenoxy) is 1. The van der Waals surface area contributed by atoms with Crippen molar-refractivity contribution in [3.8, 4) is 5.75 Å². The fraction of sp³-hybridized carbons (Fsp3) is 0.389. The van der Waals surface area contributed by atoms with Gasteiger partial charge in [0.25, 0.3) is 0 Å². The molecule has 0 atom stereocenters. The summed E-state index contributed by atoms with van der Waals surface area (Å²) in [6.07, 6.45) is 1.13. The fourth-order valence-corrected chi connectivity index (χ4v) is 2.12. The van der Waals surface area contributed by atoms with Crippen LogP contribution < -0.4 is 10.1 Å².